The second-order valence-corrected chi connectivity index (χ2v) is 4.09. The maximum absolute atomic E-state index is 6.03. The first kappa shape index (κ1) is 9.66. The number of ether oxygens (including phenoxy) is 1. The summed E-state index contributed by atoms with van der Waals surface area (Å²) in [6.45, 7) is 2.53. The van der Waals surface area contributed by atoms with Gasteiger partial charge in [0.2, 0.25) is 0 Å². The van der Waals surface area contributed by atoms with Gasteiger partial charge < -0.3 is 4.74 Å². The van der Waals surface area contributed by atoms with Crippen LogP contribution < -0.4 is 4.74 Å². The number of pyridine rings is 1. The molecule has 2 aromatic heterocycles. The molecule has 82 valence electrons. The minimum absolute atomic E-state index is 0.504. The smallest absolute Gasteiger partial charge is 0.182 e. The number of nitrogens with zero attached hydrogens (tertiary/aromatic N) is 3. The van der Waals surface area contributed by atoms with Crippen molar-refractivity contribution in [1.82, 2.24) is 14.5 Å². The number of aromatic nitrogens is 3. The molecule has 3 rings (SSSR count). The molecule has 5 heteroatoms. The third-order valence-corrected chi connectivity index (χ3v) is 3.01. The van der Waals surface area contributed by atoms with E-state index in [-0.39, 0.29) is 0 Å². The Hall–Kier alpha value is -1.55. The van der Waals surface area contributed by atoms with Crippen molar-refractivity contribution in [2.75, 3.05) is 6.61 Å². The highest BCUT2D eigenvalue weighted by atomic mass is 35.5. The number of fused-ring (bicyclic) bond motifs is 3. The van der Waals surface area contributed by atoms with Crippen molar-refractivity contribution < 1.29 is 4.74 Å². The van der Waals surface area contributed by atoms with Crippen molar-refractivity contribution in [3.05, 3.63) is 35.0 Å². The van der Waals surface area contributed by atoms with Crippen LogP contribution in [0, 0.1) is 6.92 Å². The number of aryl methyl sites for hydroxylation is 1. The Morgan fingerprint density at radius 2 is 2.38 bits per heavy atom. The van der Waals surface area contributed by atoms with Crippen molar-refractivity contribution in [2.24, 2.45) is 0 Å². The van der Waals surface area contributed by atoms with Gasteiger partial charge in [-0.25, -0.2) is 9.97 Å². The SMILES string of the molecule is Cc1cc2c(nc1Cl)-n1ccnc1CCO2. The predicted molar refractivity (Wildman–Crippen MR) is 60.3 cm³/mol. The van der Waals surface area contributed by atoms with Crippen LogP contribution in [0.25, 0.3) is 5.82 Å². The molecular weight excluding hydrogens is 226 g/mol. The van der Waals surface area contributed by atoms with Crippen molar-refractivity contribution in [1.29, 1.82) is 0 Å². The third-order valence-electron chi connectivity index (χ3n) is 2.63. The Morgan fingerprint density at radius 1 is 1.50 bits per heavy atom. The number of hydrogen-bond donors (Lipinski definition) is 0. The quantitative estimate of drug-likeness (QED) is 0.657. The molecule has 0 atom stereocenters. The highest BCUT2D eigenvalue weighted by Crippen LogP contribution is 2.29. The van der Waals surface area contributed by atoms with Gasteiger partial charge in [-0.15, -0.1) is 0 Å². The van der Waals surface area contributed by atoms with Gasteiger partial charge in [-0.1, -0.05) is 11.6 Å². The van der Waals surface area contributed by atoms with Crippen molar-refractivity contribution in [2.45, 2.75) is 13.3 Å². The molecule has 4 nitrogen and oxygen atoms in total. The molecular formula is C11H10ClN3O. The maximum Gasteiger partial charge on any atom is 0.182 e. The van der Waals surface area contributed by atoms with Gasteiger partial charge in [-0.3, -0.25) is 4.57 Å². The molecule has 0 amide bonds. The molecule has 0 bridgehead atoms. The zero-order valence-electron chi connectivity index (χ0n) is 8.77. The molecule has 2 aromatic rings. The average Bonchev–Trinajstić information content (AvgIpc) is 2.65. The lowest BCUT2D eigenvalue weighted by Crippen LogP contribution is -2.01. The summed E-state index contributed by atoms with van der Waals surface area (Å²) in [5, 5.41) is 0.504. The van der Waals surface area contributed by atoms with Crippen LogP contribution >= 0.6 is 11.6 Å². The minimum Gasteiger partial charge on any atom is -0.489 e. The van der Waals surface area contributed by atoms with Crippen LogP contribution in [0.3, 0.4) is 0 Å². The first-order valence-corrected chi connectivity index (χ1v) is 5.46. The molecule has 1 aliphatic heterocycles. The van der Waals surface area contributed by atoms with Crippen molar-refractivity contribution in [3.63, 3.8) is 0 Å². The van der Waals surface area contributed by atoms with Crippen LogP contribution in [-0.4, -0.2) is 21.1 Å². The van der Waals surface area contributed by atoms with Crippen molar-refractivity contribution in [3.8, 4) is 11.6 Å². The number of rotatable bonds is 0. The summed E-state index contributed by atoms with van der Waals surface area (Å²) in [6.07, 6.45) is 4.42. The third kappa shape index (κ3) is 1.38. The topological polar surface area (TPSA) is 39.9 Å². The zero-order chi connectivity index (χ0) is 11.1. The van der Waals surface area contributed by atoms with E-state index in [4.69, 9.17) is 16.3 Å². The van der Waals surface area contributed by atoms with Crippen LogP contribution in [0.2, 0.25) is 5.15 Å². The van der Waals surface area contributed by atoms with E-state index in [0.717, 1.165) is 29.4 Å². The van der Waals surface area contributed by atoms with Gasteiger partial charge in [-0.2, -0.15) is 0 Å². The lowest BCUT2D eigenvalue weighted by molar-refractivity contribution is 0.324. The van der Waals surface area contributed by atoms with Crippen LogP contribution in [0.4, 0.5) is 0 Å². The minimum atomic E-state index is 0.504. The van der Waals surface area contributed by atoms with E-state index in [1.807, 2.05) is 23.8 Å². The zero-order valence-corrected chi connectivity index (χ0v) is 9.53. The lowest BCUT2D eigenvalue weighted by Gasteiger charge is -2.09. The summed E-state index contributed by atoms with van der Waals surface area (Å²) in [4.78, 5) is 8.62. The van der Waals surface area contributed by atoms with Crippen molar-refractivity contribution >= 4 is 11.6 Å². The summed E-state index contributed by atoms with van der Waals surface area (Å²) >= 11 is 6.03. The molecule has 0 spiro atoms. The molecule has 0 saturated carbocycles. The first-order chi connectivity index (χ1) is 7.75. The Labute approximate surface area is 97.9 Å². The van der Waals surface area contributed by atoms with Gasteiger partial charge in [0.05, 0.1) is 6.61 Å². The number of imidazole rings is 1. The fraction of sp³-hybridized carbons (Fsp3) is 0.273. The van der Waals surface area contributed by atoms with Crippen LogP contribution in [0.15, 0.2) is 18.5 Å². The van der Waals surface area contributed by atoms with Crippen LogP contribution in [0.1, 0.15) is 11.4 Å². The van der Waals surface area contributed by atoms with Gasteiger partial charge in [0.25, 0.3) is 0 Å². The van der Waals surface area contributed by atoms with Gasteiger partial charge >= 0.3 is 0 Å². The normalized spacial score (nSPS) is 13.6. The van der Waals surface area contributed by atoms with E-state index < -0.39 is 0 Å². The fourth-order valence-corrected chi connectivity index (χ4v) is 1.93. The Kier molecular flexibility index (Phi) is 2.11. The van der Waals surface area contributed by atoms with E-state index in [1.54, 1.807) is 6.20 Å². The summed E-state index contributed by atoms with van der Waals surface area (Å²) in [5.74, 6) is 2.44. The van der Waals surface area contributed by atoms with E-state index in [9.17, 15) is 0 Å². The maximum atomic E-state index is 6.03. The highest BCUT2D eigenvalue weighted by molar-refractivity contribution is 6.30. The second kappa shape index (κ2) is 3.49. The first-order valence-electron chi connectivity index (χ1n) is 5.08. The largest absolute Gasteiger partial charge is 0.489 e. The average molecular weight is 236 g/mol. The summed E-state index contributed by atoms with van der Waals surface area (Å²) < 4.78 is 7.57. The van der Waals surface area contributed by atoms with E-state index in [2.05, 4.69) is 9.97 Å². The molecule has 0 N–H and O–H groups in total. The molecule has 0 fully saturated rings. The molecule has 0 unspecified atom stereocenters. The number of hydrogen-bond acceptors (Lipinski definition) is 3. The van der Waals surface area contributed by atoms with E-state index in [0.29, 0.717) is 11.8 Å². The summed E-state index contributed by atoms with van der Waals surface area (Å²) in [5.41, 5.74) is 0.920. The van der Waals surface area contributed by atoms with Crippen LogP contribution in [-0.2, 0) is 6.42 Å². The van der Waals surface area contributed by atoms with Gasteiger partial charge in [0.15, 0.2) is 11.6 Å². The number of halogens is 1. The second-order valence-electron chi connectivity index (χ2n) is 3.73. The van der Waals surface area contributed by atoms with E-state index >= 15 is 0 Å². The molecule has 0 aromatic carbocycles. The highest BCUT2D eigenvalue weighted by Gasteiger charge is 2.17. The van der Waals surface area contributed by atoms with Gasteiger partial charge in [-0.05, 0) is 18.6 Å². The Morgan fingerprint density at radius 3 is 3.25 bits per heavy atom. The molecule has 0 radical (unpaired) electrons. The van der Waals surface area contributed by atoms with Gasteiger partial charge in [0, 0.05) is 18.8 Å². The Balaban J connectivity index is 2.27. The summed E-state index contributed by atoms with van der Waals surface area (Å²) in [6, 6.07) is 1.92. The monoisotopic (exact) mass is 235 g/mol. The fourth-order valence-electron chi connectivity index (χ4n) is 1.80. The lowest BCUT2D eigenvalue weighted by atomic mass is 10.3. The standard InChI is InChI=1S/C11H10ClN3O/c1-7-6-8-11(14-10(7)12)15-4-3-13-9(15)2-5-16-8/h3-4,6H,2,5H2,1H3. The predicted octanol–water partition coefficient (Wildman–Crippen LogP) is 2.16. The molecule has 16 heavy (non-hydrogen) atoms. The van der Waals surface area contributed by atoms with Crippen LogP contribution in [0.5, 0.6) is 5.75 Å². The van der Waals surface area contributed by atoms with Gasteiger partial charge in [0.1, 0.15) is 11.0 Å². The Bertz CT molecular complexity index is 550. The molecule has 0 saturated heterocycles. The van der Waals surface area contributed by atoms with E-state index in [1.165, 1.54) is 0 Å². The summed E-state index contributed by atoms with van der Waals surface area (Å²) in [7, 11) is 0. The molecule has 3 heterocycles. The molecule has 1 aliphatic rings. The molecule has 0 aliphatic carbocycles.